The molecule has 1 saturated carbocycles. The van der Waals surface area contributed by atoms with Crippen LogP contribution in [0.1, 0.15) is 38.2 Å². The summed E-state index contributed by atoms with van der Waals surface area (Å²) in [7, 11) is 1.97. The Kier molecular flexibility index (Phi) is 4.29. The Morgan fingerprint density at radius 1 is 1.39 bits per heavy atom. The molecule has 0 saturated heterocycles. The Labute approximate surface area is 114 Å². The number of benzene rings is 1. The normalized spacial score (nSPS) is 28.3. The zero-order chi connectivity index (χ0) is 13.2. The third-order valence-corrected chi connectivity index (χ3v) is 4.56. The van der Waals surface area contributed by atoms with Crippen molar-refractivity contribution in [3.8, 4) is 0 Å². The van der Waals surface area contributed by atoms with Crippen molar-refractivity contribution in [2.75, 3.05) is 13.6 Å². The Morgan fingerprint density at radius 2 is 2.06 bits per heavy atom. The van der Waals surface area contributed by atoms with E-state index in [9.17, 15) is 4.39 Å². The third-order valence-electron chi connectivity index (χ3n) is 4.25. The summed E-state index contributed by atoms with van der Waals surface area (Å²) in [6.07, 6.45) is 4.69. The Hall–Kier alpha value is -0.600. The van der Waals surface area contributed by atoms with E-state index in [1.165, 1.54) is 25.0 Å². The van der Waals surface area contributed by atoms with E-state index >= 15 is 0 Å². The van der Waals surface area contributed by atoms with Crippen LogP contribution in [0.4, 0.5) is 4.39 Å². The average molecular weight is 270 g/mol. The van der Waals surface area contributed by atoms with Crippen molar-refractivity contribution in [1.29, 1.82) is 0 Å². The van der Waals surface area contributed by atoms with Crippen LogP contribution in [0.25, 0.3) is 0 Å². The fraction of sp³-hybridized carbons (Fsp3) is 0.600. The molecule has 100 valence electrons. The van der Waals surface area contributed by atoms with Crippen LogP contribution in [-0.2, 0) is 5.41 Å². The summed E-state index contributed by atoms with van der Waals surface area (Å²) in [5, 5.41) is 3.85. The van der Waals surface area contributed by atoms with E-state index in [1.54, 1.807) is 0 Å². The van der Waals surface area contributed by atoms with Gasteiger partial charge in [0.15, 0.2) is 0 Å². The molecule has 0 bridgehead atoms. The molecule has 3 heteroatoms. The van der Waals surface area contributed by atoms with Gasteiger partial charge in [0.25, 0.3) is 0 Å². The fourth-order valence-corrected chi connectivity index (χ4v) is 3.48. The minimum absolute atomic E-state index is 0.0754. The molecule has 1 N–H and O–H groups in total. The Bertz CT molecular complexity index is 411. The highest BCUT2D eigenvalue weighted by atomic mass is 35.5. The maximum Gasteiger partial charge on any atom is 0.124 e. The smallest absolute Gasteiger partial charge is 0.124 e. The van der Waals surface area contributed by atoms with E-state index in [4.69, 9.17) is 11.6 Å². The van der Waals surface area contributed by atoms with E-state index < -0.39 is 0 Å². The summed E-state index contributed by atoms with van der Waals surface area (Å²) in [6, 6.07) is 4.83. The molecule has 1 aliphatic carbocycles. The molecule has 0 atom stereocenters. The molecular formula is C15H21ClFN. The predicted molar refractivity (Wildman–Crippen MR) is 74.6 cm³/mol. The first-order valence-corrected chi connectivity index (χ1v) is 7.05. The molecule has 0 amide bonds. The van der Waals surface area contributed by atoms with Gasteiger partial charge in [0.1, 0.15) is 5.82 Å². The second kappa shape index (κ2) is 5.58. The summed E-state index contributed by atoms with van der Waals surface area (Å²) in [4.78, 5) is 0. The third kappa shape index (κ3) is 2.70. The van der Waals surface area contributed by atoms with Gasteiger partial charge >= 0.3 is 0 Å². The lowest BCUT2D eigenvalue weighted by Gasteiger charge is -2.40. The molecule has 18 heavy (non-hydrogen) atoms. The minimum atomic E-state index is -0.257. The SMILES string of the molecule is CNCC1(c2ccc(F)cc2Cl)CCC(C)CC1. The standard InChI is InChI=1S/C15H21ClFN/c1-11-5-7-15(8-6-11,10-18-2)13-4-3-12(17)9-14(13)16/h3-4,9,11,18H,5-8,10H2,1-2H3. The number of rotatable bonds is 3. The van der Waals surface area contributed by atoms with Crippen LogP contribution in [-0.4, -0.2) is 13.6 Å². The molecule has 1 aromatic carbocycles. The molecule has 1 fully saturated rings. The molecule has 1 aliphatic rings. The van der Waals surface area contributed by atoms with Gasteiger partial charge < -0.3 is 5.32 Å². The lowest BCUT2D eigenvalue weighted by Crippen LogP contribution is -2.40. The van der Waals surface area contributed by atoms with Gasteiger partial charge in [0, 0.05) is 17.0 Å². The second-order valence-electron chi connectivity index (χ2n) is 5.62. The van der Waals surface area contributed by atoms with E-state index in [2.05, 4.69) is 12.2 Å². The molecular weight excluding hydrogens is 249 g/mol. The van der Waals surface area contributed by atoms with Crippen molar-refractivity contribution in [2.45, 2.75) is 38.0 Å². The lowest BCUT2D eigenvalue weighted by molar-refractivity contribution is 0.237. The first-order valence-electron chi connectivity index (χ1n) is 6.67. The van der Waals surface area contributed by atoms with Crippen LogP contribution in [0, 0.1) is 11.7 Å². The van der Waals surface area contributed by atoms with Crippen molar-refractivity contribution in [1.82, 2.24) is 5.32 Å². The maximum absolute atomic E-state index is 13.2. The number of hydrogen-bond acceptors (Lipinski definition) is 1. The van der Waals surface area contributed by atoms with Crippen molar-refractivity contribution in [3.05, 3.63) is 34.6 Å². The number of nitrogens with one attached hydrogen (secondary N) is 1. The zero-order valence-electron chi connectivity index (χ0n) is 11.1. The Morgan fingerprint density at radius 3 is 2.61 bits per heavy atom. The maximum atomic E-state index is 13.2. The molecule has 2 rings (SSSR count). The first kappa shape index (κ1) is 13.8. The first-order chi connectivity index (χ1) is 8.57. The topological polar surface area (TPSA) is 12.0 Å². The highest BCUT2D eigenvalue weighted by Gasteiger charge is 2.36. The van der Waals surface area contributed by atoms with Crippen LogP contribution in [0.2, 0.25) is 5.02 Å². The van der Waals surface area contributed by atoms with E-state index in [1.807, 2.05) is 13.1 Å². The van der Waals surface area contributed by atoms with E-state index in [0.717, 1.165) is 30.9 Å². The zero-order valence-corrected chi connectivity index (χ0v) is 11.9. The molecule has 1 aromatic rings. The number of likely N-dealkylation sites (N-methyl/N-ethyl adjacent to an activating group) is 1. The van der Waals surface area contributed by atoms with Gasteiger partial charge in [-0.2, -0.15) is 0 Å². The van der Waals surface area contributed by atoms with Crippen molar-refractivity contribution >= 4 is 11.6 Å². The quantitative estimate of drug-likeness (QED) is 0.869. The van der Waals surface area contributed by atoms with Crippen molar-refractivity contribution in [2.24, 2.45) is 5.92 Å². The van der Waals surface area contributed by atoms with E-state index in [0.29, 0.717) is 5.02 Å². The Balaban J connectivity index is 2.34. The van der Waals surface area contributed by atoms with Gasteiger partial charge in [-0.1, -0.05) is 24.6 Å². The van der Waals surface area contributed by atoms with Gasteiger partial charge in [-0.3, -0.25) is 0 Å². The second-order valence-corrected chi connectivity index (χ2v) is 6.02. The van der Waals surface area contributed by atoms with Gasteiger partial charge in [-0.15, -0.1) is 0 Å². The summed E-state index contributed by atoms with van der Waals surface area (Å²) >= 11 is 6.26. The summed E-state index contributed by atoms with van der Waals surface area (Å²) in [5.41, 5.74) is 1.18. The summed E-state index contributed by atoms with van der Waals surface area (Å²) in [5.74, 6) is 0.529. The lowest BCUT2D eigenvalue weighted by atomic mass is 9.67. The summed E-state index contributed by atoms with van der Waals surface area (Å²) in [6.45, 7) is 3.21. The van der Waals surface area contributed by atoms with Crippen LogP contribution in [0.5, 0.6) is 0 Å². The molecule has 0 heterocycles. The number of halogens is 2. The highest BCUT2D eigenvalue weighted by molar-refractivity contribution is 6.31. The van der Waals surface area contributed by atoms with Gasteiger partial charge in [0.05, 0.1) is 0 Å². The van der Waals surface area contributed by atoms with Gasteiger partial charge in [-0.05, 0) is 56.3 Å². The molecule has 0 spiro atoms. The van der Waals surface area contributed by atoms with Crippen LogP contribution >= 0.6 is 11.6 Å². The average Bonchev–Trinajstić information content (AvgIpc) is 2.33. The van der Waals surface area contributed by atoms with E-state index in [-0.39, 0.29) is 11.2 Å². The van der Waals surface area contributed by atoms with Gasteiger partial charge in [-0.25, -0.2) is 4.39 Å². The van der Waals surface area contributed by atoms with Gasteiger partial charge in [0.2, 0.25) is 0 Å². The van der Waals surface area contributed by atoms with Crippen molar-refractivity contribution < 1.29 is 4.39 Å². The van der Waals surface area contributed by atoms with Crippen LogP contribution < -0.4 is 5.32 Å². The predicted octanol–water partition coefficient (Wildman–Crippen LogP) is 4.15. The molecule has 0 unspecified atom stereocenters. The minimum Gasteiger partial charge on any atom is -0.319 e. The molecule has 0 radical (unpaired) electrons. The van der Waals surface area contributed by atoms with Crippen molar-refractivity contribution in [3.63, 3.8) is 0 Å². The molecule has 0 aliphatic heterocycles. The monoisotopic (exact) mass is 269 g/mol. The summed E-state index contributed by atoms with van der Waals surface area (Å²) < 4.78 is 13.2. The fourth-order valence-electron chi connectivity index (χ4n) is 3.11. The number of hydrogen-bond donors (Lipinski definition) is 1. The van der Waals surface area contributed by atoms with Crippen LogP contribution in [0.3, 0.4) is 0 Å². The van der Waals surface area contributed by atoms with Crippen LogP contribution in [0.15, 0.2) is 18.2 Å². The highest BCUT2D eigenvalue weighted by Crippen LogP contribution is 2.43. The molecule has 1 nitrogen and oxygen atoms in total. The molecule has 0 aromatic heterocycles. The largest absolute Gasteiger partial charge is 0.319 e.